The molecular weight excluding hydrogens is 291 g/mol. The molecule has 3 rings (SSSR count). The van der Waals surface area contributed by atoms with Gasteiger partial charge in [0.15, 0.2) is 0 Å². The van der Waals surface area contributed by atoms with E-state index in [0.29, 0.717) is 0 Å². The molecule has 1 heterocycles. The van der Waals surface area contributed by atoms with Crippen molar-refractivity contribution in [3.63, 3.8) is 0 Å². The van der Waals surface area contributed by atoms with Crippen molar-refractivity contribution in [2.45, 2.75) is 13.3 Å². The van der Waals surface area contributed by atoms with E-state index in [1.165, 1.54) is 12.1 Å². The molecule has 0 bridgehead atoms. The summed E-state index contributed by atoms with van der Waals surface area (Å²) in [6.07, 6.45) is 0.827. The Kier molecular flexibility index (Phi) is 4.42. The summed E-state index contributed by atoms with van der Waals surface area (Å²) in [7, 11) is 1.66. The maximum Gasteiger partial charge on any atom is 0.123 e. The average molecular weight is 310 g/mol. The normalized spacial score (nSPS) is 10.7. The molecule has 1 N–H and O–H groups in total. The van der Waals surface area contributed by atoms with Gasteiger partial charge >= 0.3 is 0 Å². The van der Waals surface area contributed by atoms with Gasteiger partial charge in [-0.15, -0.1) is 0 Å². The van der Waals surface area contributed by atoms with Crippen LogP contribution in [0.1, 0.15) is 11.3 Å². The van der Waals surface area contributed by atoms with Crippen molar-refractivity contribution >= 4 is 16.6 Å². The van der Waals surface area contributed by atoms with Crippen molar-refractivity contribution in [1.82, 2.24) is 4.98 Å². The Labute approximate surface area is 135 Å². The van der Waals surface area contributed by atoms with Gasteiger partial charge in [-0.1, -0.05) is 12.1 Å². The highest BCUT2D eigenvalue weighted by molar-refractivity contribution is 5.92. The van der Waals surface area contributed by atoms with E-state index in [9.17, 15) is 4.39 Å². The molecule has 0 atom stereocenters. The first kappa shape index (κ1) is 15.3. The number of pyridine rings is 1. The van der Waals surface area contributed by atoms with Crippen LogP contribution in [0.15, 0.2) is 48.5 Å². The minimum Gasteiger partial charge on any atom is -0.497 e. The highest BCUT2D eigenvalue weighted by Gasteiger charge is 2.05. The lowest BCUT2D eigenvalue weighted by Crippen LogP contribution is -2.06. The second-order valence-electron chi connectivity index (χ2n) is 5.50. The molecule has 0 spiro atoms. The number of nitrogens with one attached hydrogen (secondary N) is 1. The van der Waals surface area contributed by atoms with Gasteiger partial charge in [0, 0.05) is 23.3 Å². The Morgan fingerprint density at radius 1 is 1.09 bits per heavy atom. The number of ether oxygens (including phenoxy) is 1. The Morgan fingerprint density at radius 3 is 2.61 bits per heavy atom. The van der Waals surface area contributed by atoms with Crippen LogP contribution in [0.4, 0.5) is 10.1 Å². The molecule has 3 nitrogen and oxygen atoms in total. The maximum atomic E-state index is 12.9. The van der Waals surface area contributed by atoms with Crippen molar-refractivity contribution in [3.8, 4) is 5.75 Å². The Bertz CT molecular complexity index is 815. The minimum absolute atomic E-state index is 0.204. The SMILES string of the molecule is COc1ccc2nc(C)cc(NCCc3ccc(F)cc3)c2c1. The summed E-state index contributed by atoms with van der Waals surface area (Å²) in [5.41, 5.74) is 4.04. The summed E-state index contributed by atoms with van der Waals surface area (Å²) in [5.74, 6) is 0.606. The van der Waals surface area contributed by atoms with E-state index in [-0.39, 0.29) is 5.82 Å². The smallest absolute Gasteiger partial charge is 0.123 e. The highest BCUT2D eigenvalue weighted by atomic mass is 19.1. The van der Waals surface area contributed by atoms with Crippen LogP contribution in [-0.2, 0) is 6.42 Å². The fourth-order valence-corrected chi connectivity index (χ4v) is 2.60. The van der Waals surface area contributed by atoms with Gasteiger partial charge in [-0.2, -0.15) is 0 Å². The zero-order valence-electron chi connectivity index (χ0n) is 13.3. The zero-order valence-corrected chi connectivity index (χ0v) is 13.3. The van der Waals surface area contributed by atoms with Crippen LogP contribution in [0.25, 0.3) is 10.9 Å². The van der Waals surface area contributed by atoms with E-state index in [1.54, 1.807) is 7.11 Å². The molecule has 0 aliphatic rings. The quantitative estimate of drug-likeness (QED) is 0.761. The summed E-state index contributed by atoms with van der Waals surface area (Å²) in [4.78, 5) is 4.55. The van der Waals surface area contributed by atoms with E-state index in [1.807, 2.05) is 43.3 Å². The number of hydrogen-bond acceptors (Lipinski definition) is 3. The third kappa shape index (κ3) is 3.59. The fourth-order valence-electron chi connectivity index (χ4n) is 2.60. The maximum absolute atomic E-state index is 12.9. The van der Waals surface area contributed by atoms with Crippen molar-refractivity contribution in [1.29, 1.82) is 0 Å². The molecule has 3 aromatic rings. The zero-order chi connectivity index (χ0) is 16.2. The molecule has 0 unspecified atom stereocenters. The van der Waals surface area contributed by atoms with E-state index >= 15 is 0 Å². The van der Waals surface area contributed by atoms with Crippen LogP contribution in [0, 0.1) is 12.7 Å². The molecule has 0 amide bonds. The molecule has 118 valence electrons. The fraction of sp³-hybridized carbons (Fsp3) is 0.211. The van der Waals surface area contributed by atoms with Crippen molar-refractivity contribution in [2.24, 2.45) is 0 Å². The number of fused-ring (bicyclic) bond motifs is 1. The van der Waals surface area contributed by atoms with E-state index in [0.717, 1.165) is 46.6 Å². The summed E-state index contributed by atoms with van der Waals surface area (Å²) >= 11 is 0. The van der Waals surface area contributed by atoms with Crippen LogP contribution < -0.4 is 10.1 Å². The lowest BCUT2D eigenvalue weighted by molar-refractivity contribution is 0.415. The third-order valence-electron chi connectivity index (χ3n) is 3.79. The molecule has 23 heavy (non-hydrogen) atoms. The minimum atomic E-state index is -0.204. The number of aryl methyl sites for hydroxylation is 1. The monoisotopic (exact) mass is 310 g/mol. The van der Waals surface area contributed by atoms with E-state index < -0.39 is 0 Å². The summed E-state index contributed by atoms with van der Waals surface area (Å²) in [6, 6.07) is 14.5. The first-order valence-corrected chi connectivity index (χ1v) is 7.59. The number of halogens is 1. The summed E-state index contributed by atoms with van der Waals surface area (Å²) in [5, 5.41) is 4.49. The Hall–Kier alpha value is -2.62. The molecule has 0 saturated carbocycles. The lowest BCUT2D eigenvalue weighted by Gasteiger charge is -2.12. The second-order valence-corrected chi connectivity index (χ2v) is 5.50. The van der Waals surface area contributed by atoms with Crippen LogP contribution in [0.5, 0.6) is 5.75 Å². The van der Waals surface area contributed by atoms with Gasteiger partial charge in [-0.25, -0.2) is 4.39 Å². The van der Waals surface area contributed by atoms with Crippen LogP contribution in [0.2, 0.25) is 0 Å². The Morgan fingerprint density at radius 2 is 1.87 bits per heavy atom. The standard InChI is InChI=1S/C19H19FN2O/c1-13-11-19(17-12-16(23-2)7-8-18(17)22-13)21-10-9-14-3-5-15(20)6-4-14/h3-8,11-12H,9-10H2,1-2H3,(H,21,22). The molecule has 0 aliphatic carbocycles. The van der Waals surface area contributed by atoms with Gasteiger partial charge < -0.3 is 10.1 Å². The second kappa shape index (κ2) is 6.65. The number of aromatic nitrogens is 1. The lowest BCUT2D eigenvalue weighted by atomic mass is 10.1. The van der Waals surface area contributed by atoms with Gasteiger partial charge in [0.1, 0.15) is 11.6 Å². The van der Waals surface area contributed by atoms with Crippen molar-refractivity contribution < 1.29 is 9.13 Å². The van der Waals surface area contributed by atoms with E-state index in [2.05, 4.69) is 10.3 Å². The summed E-state index contributed by atoms with van der Waals surface area (Å²) < 4.78 is 18.2. The molecule has 0 radical (unpaired) electrons. The number of hydrogen-bond donors (Lipinski definition) is 1. The van der Waals surface area contributed by atoms with Crippen molar-refractivity contribution in [2.75, 3.05) is 19.0 Å². The summed E-state index contributed by atoms with van der Waals surface area (Å²) in [6.45, 7) is 2.75. The molecule has 4 heteroatoms. The third-order valence-corrected chi connectivity index (χ3v) is 3.79. The molecule has 1 aromatic heterocycles. The largest absolute Gasteiger partial charge is 0.497 e. The van der Waals surface area contributed by atoms with Crippen molar-refractivity contribution in [3.05, 3.63) is 65.6 Å². The highest BCUT2D eigenvalue weighted by Crippen LogP contribution is 2.27. The number of benzene rings is 2. The number of anilines is 1. The molecule has 2 aromatic carbocycles. The topological polar surface area (TPSA) is 34.1 Å². The number of rotatable bonds is 5. The van der Waals surface area contributed by atoms with Gasteiger partial charge in [-0.05, 0) is 55.3 Å². The van der Waals surface area contributed by atoms with Gasteiger partial charge in [0.05, 0.1) is 12.6 Å². The first-order chi connectivity index (χ1) is 11.2. The van der Waals surface area contributed by atoms with Gasteiger partial charge in [0.2, 0.25) is 0 Å². The Balaban J connectivity index is 1.79. The van der Waals surface area contributed by atoms with Crippen LogP contribution in [-0.4, -0.2) is 18.6 Å². The predicted octanol–water partition coefficient (Wildman–Crippen LogP) is 4.35. The molecular formula is C19H19FN2O. The predicted molar refractivity (Wildman–Crippen MR) is 91.6 cm³/mol. The molecule has 0 fully saturated rings. The molecule has 0 saturated heterocycles. The van der Waals surface area contributed by atoms with Gasteiger partial charge in [0.25, 0.3) is 0 Å². The number of methoxy groups -OCH3 is 1. The average Bonchev–Trinajstić information content (AvgIpc) is 2.56. The molecule has 0 aliphatic heterocycles. The van der Waals surface area contributed by atoms with Crippen LogP contribution >= 0.6 is 0 Å². The first-order valence-electron chi connectivity index (χ1n) is 7.59. The van der Waals surface area contributed by atoms with Crippen LogP contribution in [0.3, 0.4) is 0 Å². The number of nitrogens with zero attached hydrogens (tertiary/aromatic N) is 1. The van der Waals surface area contributed by atoms with Gasteiger partial charge in [-0.3, -0.25) is 4.98 Å². The van der Waals surface area contributed by atoms with E-state index in [4.69, 9.17) is 4.74 Å².